The van der Waals surface area contributed by atoms with Gasteiger partial charge in [0.2, 0.25) is 0 Å². The van der Waals surface area contributed by atoms with Crippen molar-refractivity contribution in [1.29, 1.82) is 0 Å². The zero-order chi connectivity index (χ0) is 18.4. The fraction of sp³-hybridized carbons (Fsp3) is 0.650. The maximum Gasteiger partial charge on any atom is 0.193 e. The first kappa shape index (κ1) is 19.3. The molecular formula is C20H31ClN4O. The molecule has 26 heavy (non-hydrogen) atoms. The Kier molecular flexibility index (Phi) is 7.03. The van der Waals surface area contributed by atoms with Crippen LogP contribution in [0.5, 0.6) is 5.75 Å². The van der Waals surface area contributed by atoms with Crippen LogP contribution in [-0.4, -0.2) is 68.2 Å². The third-order valence-corrected chi connectivity index (χ3v) is 5.71. The highest BCUT2D eigenvalue weighted by atomic mass is 35.5. The lowest BCUT2D eigenvalue weighted by atomic mass is 10.1. The van der Waals surface area contributed by atoms with Crippen molar-refractivity contribution >= 4 is 17.6 Å². The lowest BCUT2D eigenvalue weighted by Gasteiger charge is -2.25. The molecule has 6 heteroatoms. The molecule has 2 aliphatic rings. The fourth-order valence-corrected chi connectivity index (χ4v) is 4.17. The summed E-state index contributed by atoms with van der Waals surface area (Å²) in [6, 6.07) is 6.55. The molecule has 0 spiro atoms. The molecule has 1 N–H and O–H groups in total. The molecule has 1 unspecified atom stereocenters. The zero-order valence-corrected chi connectivity index (χ0v) is 16.8. The third-order valence-electron chi connectivity index (χ3n) is 5.36. The van der Waals surface area contributed by atoms with E-state index >= 15 is 0 Å². The maximum atomic E-state index is 6.34. The molecule has 0 aliphatic carbocycles. The van der Waals surface area contributed by atoms with Crippen molar-refractivity contribution in [1.82, 2.24) is 15.1 Å². The van der Waals surface area contributed by atoms with E-state index in [4.69, 9.17) is 21.3 Å². The van der Waals surface area contributed by atoms with E-state index in [-0.39, 0.29) is 0 Å². The van der Waals surface area contributed by atoms with Crippen molar-refractivity contribution < 1.29 is 4.74 Å². The predicted molar refractivity (Wildman–Crippen MR) is 108 cm³/mol. The fourth-order valence-electron chi connectivity index (χ4n) is 3.90. The number of ether oxygens (including phenoxy) is 1. The van der Waals surface area contributed by atoms with Crippen LogP contribution < -0.4 is 10.1 Å². The molecule has 1 aromatic rings. The summed E-state index contributed by atoms with van der Waals surface area (Å²) in [5.74, 6) is 1.83. The first-order chi connectivity index (χ1) is 12.7. The molecule has 3 rings (SSSR count). The van der Waals surface area contributed by atoms with Gasteiger partial charge in [-0.3, -0.25) is 9.89 Å². The SMILES string of the molecule is CCNC(=NCCc1ccc(OC)cc1Cl)N1CCC(N2CCCC2)C1. The van der Waals surface area contributed by atoms with Crippen LogP contribution in [0.4, 0.5) is 0 Å². The van der Waals surface area contributed by atoms with Gasteiger partial charge in [0.25, 0.3) is 0 Å². The molecule has 2 saturated heterocycles. The molecule has 0 bridgehead atoms. The Labute approximate surface area is 162 Å². The van der Waals surface area contributed by atoms with Crippen molar-refractivity contribution in [3.8, 4) is 5.75 Å². The van der Waals surface area contributed by atoms with Gasteiger partial charge in [-0.05, 0) is 63.4 Å². The van der Waals surface area contributed by atoms with Crippen LogP contribution in [0.2, 0.25) is 5.02 Å². The molecule has 1 aromatic carbocycles. The van der Waals surface area contributed by atoms with E-state index in [0.29, 0.717) is 6.04 Å². The highest BCUT2D eigenvalue weighted by Gasteiger charge is 2.30. The number of hydrogen-bond donors (Lipinski definition) is 1. The maximum absolute atomic E-state index is 6.34. The highest BCUT2D eigenvalue weighted by Crippen LogP contribution is 2.23. The van der Waals surface area contributed by atoms with Crippen molar-refractivity contribution in [2.45, 2.75) is 38.6 Å². The van der Waals surface area contributed by atoms with Crippen LogP contribution in [0.1, 0.15) is 31.7 Å². The molecule has 0 saturated carbocycles. The van der Waals surface area contributed by atoms with E-state index in [0.717, 1.165) is 54.9 Å². The Morgan fingerprint density at radius 2 is 2.12 bits per heavy atom. The second-order valence-corrected chi connectivity index (χ2v) is 7.48. The van der Waals surface area contributed by atoms with E-state index in [1.54, 1.807) is 7.11 Å². The van der Waals surface area contributed by atoms with Crippen molar-refractivity contribution in [2.24, 2.45) is 4.99 Å². The smallest absolute Gasteiger partial charge is 0.193 e. The van der Waals surface area contributed by atoms with E-state index < -0.39 is 0 Å². The van der Waals surface area contributed by atoms with Crippen LogP contribution in [0.25, 0.3) is 0 Å². The lowest BCUT2D eigenvalue weighted by Crippen LogP contribution is -2.42. The predicted octanol–water partition coefficient (Wildman–Crippen LogP) is 3.03. The normalized spacial score (nSPS) is 21.4. The summed E-state index contributed by atoms with van der Waals surface area (Å²) < 4.78 is 5.21. The minimum Gasteiger partial charge on any atom is -0.497 e. The second-order valence-electron chi connectivity index (χ2n) is 7.07. The van der Waals surface area contributed by atoms with Crippen molar-refractivity contribution in [2.75, 3.05) is 46.4 Å². The van der Waals surface area contributed by atoms with E-state index in [1.807, 2.05) is 18.2 Å². The summed E-state index contributed by atoms with van der Waals surface area (Å²) in [5.41, 5.74) is 1.11. The summed E-state index contributed by atoms with van der Waals surface area (Å²) in [6.45, 7) is 8.48. The van der Waals surface area contributed by atoms with Gasteiger partial charge in [-0.1, -0.05) is 17.7 Å². The number of aliphatic imine (C=N–C) groups is 1. The molecule has 5 nitrogen and oxygen atoms in total. The van der Waals surface area contributed by atoms with Gasteiger partial charge < -0.3 is 15.0 Å². The molecule has 1 atom stereocenters. The molecule has 2 heterocycles. The van der Waals surface area contributed by atoms with Gasteiger partial charge in [-0.25, -0.2) is 0 Å². The van der Waals surface area contributed by atoms with Gasteiger partial charge in [0.05, 0.1) is 7.11 Å². The minimum atomic E-state index is 0.692. The number of hydrogen-bond acceptors (Lipinski definition) is 3. The summed E-state index contributed by atoms with van der Waals surface area (Å²) in [5, 5.41) is 4.21. The van der Waals surface area contributed by atoms with E-state index in [1.165, 1.54) is 32.4 Å². The Bertz CT molecular complexity index is 616. The van der Waals surface area contributed by atoms with Gasteiger partial charge in [-0.15, -0.1) is 0 Å². The van der Waals surface area contributed by atoms with Gasteiger partial charge >= 0.3 is 0 Å². The Hall–Kier alpha value is -1.46. The number of benzene rings is 1. The molecule has 144 valence electrons. The zero-order valence-electron chi connectivity index (χ0n) is 16.0. The number of rotatable bonds is 6. The van der Waals surface area contributed by atoms with Gasteiger partial charge in [0, 0.05) is 37.2 Å². The Morgan fingerprint density at radius 1 is 1.31 bits per heavy atom. The number of guanidine groups is 1. The Balaban J connectivity index is 1.57. The first-order valence-corrected chi connectivity index (χ1v) is 10.2. The third kappa shape index (κ3) is 4.83. The number of likely N-dealkylation sites (tertiary alicyclic amines) is 2. The summed E-state index contributed by atoms with van der Waals surface area (Å²) in [4.78, 5) is 9.93. The van der Waals surface area contributed by atoms with Gasteiger partial charge in [0.15, 0.2) is 5.96 Å². The number of nitrogens with one attached hydrogen (secondary N) is 1. The summed E-state index contributed by atoms with van der Waals surface area (Å²) >= 11 is 6.34. The van der Waals surface area contributed by atoms with Gasteiger partial charge in [0.1, 0.15) is 5.75 Å². The van der Waals surface area contributed by atoms with E-state index in [2.05, 4.69) is 22.0 Å². The molecule has 0 radical (unpaired) electrons. The highest BCUT2D eigenvalue weighted by molar-refractivity contribution is 6.31. The van der Waals surface area contributed by atoms with Crippen LogP contribution in [0, 0.1) is 0 Å². The number of nitrogens with zero attached hydrogens (tertiary/aromatic N) is 3. The molecule has 0 aromatic heterocycles. The topological polar surface area (TPSA) is 40.1 Å². The summed E-state index contributed by atoms with van der Waals surface area (Å²) in [7, 11) is 1.66. The average Bonchev–Trinajstić information content (AvgIpc) is 3.33. The van der Waals surface area contributed by atoms with Crippen LogP contribution in [-0.2, 0) is 6.42 Å². The monoisotopic (exact) mass is 378 g/mol. The van der Waals surface area contributed by atoms with Crippen LogP contribution in [0.15, 0.2) is 23.2 Å². The largest absolute Gasteiger partial charge is 0.497 e. The molecule has 2 fully saturated rings. The second kappa shape index (κ2) is 9.47. The van der Waals surface area contributed by atoms with Crippen LogP contribution in [0.3, 0.4) is 0 Å². The first-order valence-electron chi connectivity index (χ1n) is 9.81. The lowest BCUT2D eigenvalue weighted by molar-refractivity contribution is 0.249. The summed E-state index contributed by atoms with van der Waals surface area (Å²) in [6.07, 6.45) is 4.79. The van der Waals surface area contributed by atoms with Crippen molar-refractivity contribution in [3.63, 3.8) is 0 Å². The van der Waals surface area contributed by atoms with Gasteiger partial charge in [-0.2, -0.15) is 0 Å². The number of methoxy groups -OCH3 is 1. The van der Waals surface area contributed by atoms with Crippen molar-refractivity contribution in [3.05, 3.63) is 28.8 Å². The molecule has 2 aliphatic heterocycles. The Morgan fingerprint density at radius 3 is 2.81 bits per heavy atom. The standard InChI is InChI=1S/C20H31ClN4O/c1-3-22-20(25-13-9-17(15-25)24-11-4-5-12-24)23-10-8-16-6-7-18(26-2)14-19(16)21/h6-7,14,17H,3-5,8-13,15H2,1-2H3,(H,22,23). The molecular weight excluding hydrogens is 348 g/mol. The quantitative estimate of drug-likeness (QED) is 0.610. The average molecular weight is 379 g/mol. The number of halogens is 1. The van der Waals surface area contributed by atoms with E-state index in [9.17, 15) is 0 Å². The molecule has 0 amide bonds. The minimum absolute atomic E-state index is 0.692. The van der Waals surface area contributed by atoms with Crippen LogP contribution >= 0.6 is 11.6 Å².